The molecule has 0 fully saturated rings. The van der Waals surface area contributed by atoms with E-state index in [1.807, 2.05) is 11.3 Å². The second kappa shape index (κ2) is 4.32. The Hall–Kier alpha value is -1.86. The topological polar surface area (TPSA) is 0 Å². The van der Waals surface area contributed by atoms with Gasteiger partial charge in [-0.2, -0.15) is 0 Å². The molecule has 2 aromatic carbocycles. The van der Waals surface area contributed by atoms with Crippen molar-refractivity contribution in [3.05, 3.63) is 65.7 Å². The molecule has 0 amide bonds. The van der Waals surface area contributed by atoms with E-state index in [-0.39, 0.29) is 5.41 Å². The molecule has 1 heteroatoms. The molecule has 104 valence electrons. The van der Waals surface area contributed by atoms with Crippen LogP contribution in [0.3, 0.4) is 0 Å². The lowest BCUT2D eigenvalue weighted by Gasteiger charge is -2.15. The van der Waals surface area contributed by atoms with Gasteiger partial charge in [0, 0.05) is 26.1 Å². The average Bonchev–Trinajstić information content (AvgIpc) is 2.95. The van der Waals surface area contributed by atoms with E-state index >= 15 is 0 Å². The van der Waals surface area contributed by atoms with Crippen LogP contribution in [0.1, 0.15) is 31.9 Å². The zero-order valence-electron chi connectivity index (χ0n) is 12.6. The van der Waals surface area contributed by atoms with Crippen molar-refractivity contribution >= 4 is 27.0 Å². The molecule has 1 heterocycles. The van der Waals surface area contributed by atoms with E-state index < -0.39 is 0 Å². The number of benzene rings is 2. The SMILES string of the molecule is CC(C)(C)/C=C1/c2ccccc2-c2sc3ccccc3c21. The standard InChI is InChI=1S/C20H18S/c1-20(2,3)12-16-13-8-4-5-9-14(13)19-18(16)15-10-6-7-11-17(15)21-19/h4-12H,1-3H3/b16-12-. The van der Waals surface area contributed by atoms with Crippen LogP contribution in [0.2, 0.25) is 0 Å². The van der Waals surface area contributed by atoms with E-state index in [9.17, 15) is 0 Å². The quantitative estimate of drug-likeness (QED) is 0.353. The van der Waals surface area contributed by atoms with E-state index in [4.69, 9.17) is 0 Å². The van der Waals surface area contributed by atoms with Crippen molar-refractivity contribution in [3.8, 4) is 10.4 Å². The van der Waals surface area contributed by atoms with Crippen LogP contribution in [-0.4, -0.2) is 0 Å². The second-order valence-electron chi connectivity index (χ2n) is 6.77. The van der Waals surface area contributed by atoms with E-state index in [2.05, 4.69) is 75.4 Å². The Balaban J connectivity index is 2.12. The molecule has 0 unspecified atom stereocenters. The molecule has 1 aliphatic carbocycles. The van der Waals surface area contributed by atoms with Crippen molar-refractivity contribution < 1.29 is 0 Å². The molecule has 0 bridgehead atoms. The highest BCUT2D eigenvalue weighted by Gasteiger charge is 2.28. The number of hydrogen-bond acceptors (Lipinski definition) is 1. The summed E-state index contributed by atoms with van der Waals surface area (Å²) in [6, 6.07) is 17.6. The predicted octanol–water partition coefficient (Wildman–Crippen LogP) is 6.36. The Morgan fingerprint density at radius 1 is 0.857 bits per heavy atom. The Morgan fingerprint density at radius 3 is 2.29 bits per heavy atom. The molecule has 0 N–H and O–H groups in total. The first-order valence-corrected chi connectivity index (χ1v) is 8.21. The third kappa shape index (κ3) is 1.96. The predicted molar refractivity (Wildman–Crippen MR) is 93.8 cm³/mol. The van der Waals surface area contributed by atoms with Crippen LogP contribution in [0, 0.1) is 5.41 Å². The van der Waals surface area contributed by atoms with Gasteiger partial charge in [-0.25, -0.2) is 0 Å². The Bertz CT molecular complexity index is 872. The highest BCUT2D eigenvalue weighted by Crippen LogP contribution is 2.52. The van der Waals surface area contributed by atoms with Crippen molar-refractivity contribution in [2.45, 2.75) is 20.8 Å². The normalized spacial score (nSPS) is 15.5. The van der Waals surface area contributed by atoms with Crippen molar-refractivity contribution in [2.75, 3.05) is 0 Å². The Kier molecular flexibility index (Phi) is 2.64. The monoisotopic (exact) mass is 290 g/mol. The third-order valence-electron chi connectivity index (χ3n) is 3.90. The number of rotatable bonds is 0. The number of fused-ring (bicyclic) bond motifs is 5. The number of allylic oxidation sites excluding steroid dienone is 1. The van der Waals surface area contributed by atoms with Crippen LogP contribution in [0.4, 0.5) is 0 Å². The summed E-state index contributed by atoms with van der Waals surface area (Å²) in [5.74, 6) is 0. The molecule has 0 aliphatic heterocycles. The molecule has 0 atom stereocenters. The van der Waals surface area contributed by atoms with E-state index in [1.165, 1.54) is 37.2 Å². The van der Waals surface area contributed by atoms with Gasteiger partial charge in [0.1, 0.15) is 0 Å². The molecule has 0 nitrogen and oxygen atoms in total. The average molecular weight is 290 g/mol. The van der Waals surface area contributed by atoms with Gasteiger partial charge in [-0.3, -0.25) is 0 Å². The van der Waals surface area contributed by atoms with Crippen molar-refractivity contribution in [3.63, 3.8) is 0 Å². The zero-order chi connectivity index (χ0) is 14.6. The van der Waals surface area contributed by atoms with E-state index in [1.54, 1.807) is 0 Å². The van der Waals surface area contributed by atoms with Gasteiger partial charge in [0.15, 0.2) is 0 Å². The minimum Gasteiger partial charge on any atom is -0.135 e. The lowest BCUT2D eigenvalue weighted by Crippen LogP contribution is -2.00. The zero-order valence-corrected chi connectivity index (χ0v) is 13.4. The molecule has 3 aromatic rings. The van der Waals surface area contributed by atoms with Gasteiger partial charge in [-0.05, 0) is 22.6 Å². The maximum atomic E-state index is 2.43. The van der Waals surface area contributed by atoms with Crippen molar-refractivity contribution in [2.24, 2.45) is 5.41 Å². The summed E-state index contributed by atoms with van der Waals surface area (Å²) in [7, 11) is 0. The van der Waals surface area contributed by atoms with Crippen LogP contribution in [-0.2, 0) is 0 Å². The summed E-state index contributed by atoms with van der Waals surface area (Å²) in [5.41, 5.74) is 5.80. The molecule has 0 spiro atoms. The molecular formula is C20H18S. The van der Waals surface area contributed by atoms with E-state index in [0.717, 1.165) is 0 Å². The lowest BCUT2D eigenvalue weighted by molar-refractivity contribution is 0.546. The summed E-state index contributed by atoms with van der Waals surface area (Å²) in [4.78, 5) is 1.43. The summed E-state index contributed by atoms with van der Waals surface area (Å²) in [6.07, 6.45) is 2.43. The Morgan fingerprint density at radius 2 is 1.52 bits per heavy atom. The van der Waals surface area contributed by atoms with Crippen LogP contribution < -0.4 is 0 Å². The molecule has 4 rings (SSSR count). The summed E-state index contributed by atoms with van der Waals surface area (Å²) in [6.45, 7) is 6.82. The number of thiophene rings is 1. The molecule has 1 aliphatic rings. The maximum absolute atomic E-state index is 2.43. The van der Waals surface area contributed by atoms with Gasteiger partial charge in [0.2, 0.25) is 0 Å². The molecule has 0 saturated heterocycles. The first kappa shape index (κ1) is 12.8. The molecule has 0 radical (unpaired) electrons. The van der Waals surface area contributed by atoms with Gasteiger partial charge in [0.05, 0.1) is 0 Å². The fourth-order valence-electron chi connectivity index (χ4n) is 3.14. The fraction of sp³-hybridized carbons (Fsp3) is 0.200. The highest BCUT2D eigenvalue weighted by atomic mass is 32.1. The summed E-state index contributed by atoms with van der Waals surface area (Å²) < 4.78 is 1.39. The maximum Gasteiger partial charge on any atom is 0.0440 e. The summed E-state index contributed by atoms with van der Waals surface area (Å²) >= 11 is 1.92. The number of hydrogen-bond donors (Lipinski definition) is 0. The molecule has 1 aromatic heterocycles. The van der Waals surface area contributed by atoms with Crippen LogP contribution in [0.15, 0.2) is 54.6 Å². The van der Waals surface area contributed by atoms with Gasteiger partial charge in [-0.15, -0.1) is 11.3 Å². The molecule has 0 saturated carbocycles. The first-order chi connectivity index (χ1) is 10.0. The largest absolute Gasteiger partial charge is 0.135 e. The lowest BCUT2D eigenvalue weighted by atomic mass is 9.89. The fourth-order valence-corrected chi connectivity index (χ4v) is 4.39. The van der Waals surface area contributed by atoms with Gasteiger partial charge < -0.3 is 0 Å². The minimum atomic E-state index is 0.174. The van der Waals surface area contributed by atoms with Gasteiger partial charge in [0.25, 0.3) is 0 Å². The highest BCUT2D eigenvalue weighted by molar-refractivity contribution is 7.22. The van der Waals surface area contributed by atoms with Crippen LogP contribution in [0.5, 0.6) is 0 Å². The second-order valence-corrected chi connectivity index (χ2v) is 7.82. The van der Waals surface area contributed by atoms with Crippen molar-refractivity contribution in [1.29, 1.82) is 0 Å². The van der Waals surface area contributed by atoms with Crippen LogP contribution in [0.25, 0.3) is 26.1 Å². The molecular weight excluding hydrogens is 272 g/mol. The Labute approximate surface area is 129 Å². The van der Waals surface area contributed by atoms with Crippen molar-refractivity contribution in [1.82, 2.24) is 0 Å². The van der Waals surface area contributed by atoms with Gasteiger partial charge >= 0.3 is 0 Å². The van der Waals surface area contributed by atoms with Gasteiger partial charge in [-0.1, -0.05) is 69.3 Å². The molecule has 21 heavy (non-hydrogen) atoms. The minimum absolute atomic E-state index is 0.174. The third-order valence-corrected chi connectivity index (χ3v) is 5.11. The van der Waals surface area contributed by atoms with Crippen LogP contribution >= 0.6 is 11.3 Å². The van der Waals surface area contributed by atoms with E-state index in [0.29, 0.717) is 0 Å². The first-order valence-electron chi connectivity index (χ1n) is 7.39. The summed E-state index contributed by atoms with van der Waals surface area (Å²) in [5, 5.41) is 1.39. The smallest absolute Gasteiger partial charge is 0.0440 e.